The van der Waals surface area contributed by atoms with E-state index in [1.54, 1.807) is 11.3 Å². The number of piperidine rings is 1. The minimum Gasteiger partial charge on any atom is -0.370 e. The summed E-state index contributed by atoms with van der Waals surface area (Å²) >= 11 is 14.4. The molecule has 0 bridgehead atoms. The molecule has 1 N–H and O–H groups in total. The molecule has 4 atom stereocenters. The maximum absolute atomic E-state index is 6.87. The number of hydrogen-bond acceptors (Lipinski definition) is 4. The summed E-state index contributed by atoms with van der Waals surface area (Å²) in [5.74, 6) is 1.35. The molecule has 0 spiro atoms. The van der Waals surface area contributed by atoms with Crippen molar-refractivity contribution < 1.29 is 0 Å². The maximum Gasteiger partial charge on any atom is 0.174 e. The number of benzene rings is 1. The van der Waals surface area contributed by atoms with Gasteiger partial charge in [0.1, 0.15) is 0 Å². The van der Waals surface area contributed by atoms with Gasteiger partial charge in [-0.1, -0.05) is 37.6 Å². The van der Waals surface area contributed by atoms with Crippen molar-refractivity contribution in [1.82, 2.24) is 10.3 Å². The number of rotatable bonds is 4. The second-order valence-electron chi connectivity index (χ2n) is 9.00. The third-order valence-electron chi connectivity index (χ3n) is 6.35. The van der Waals surface area contributed by atoms with E-state index < -0.39 is 0 Å². The smallest absolute Gasteiger partial charge is 0.174 e. The summed E-state index contributed by atoms with van der Waals surface area (Å²) in [7, 11) is 0. The SMILES string of the molecule is C[C@@H]1C[C@H](C)CN(c2ccc(N3C(=S)N[C@@H](c4ccccn4)[C@@H]3c3cccs3)cc2Cl)C1. The highest BCUT2D eigenvalue weighted by Gasteiger charge is 2.41. The Morgan fingerprint density at radius 3 is 2.56 bits per heavy atom. The van der Waals surface area contributed by atoms with Crippen molar-refractivity contribution in [2.75, 3.05) is 22.9 Å². The molecule has 7 heteroatoms. The lowest BCUT2D eigenvalue weighted by Crippen LogP contribution is -2.38. The van der Waals surface area contributed by atoms with Crippen molar-refractivity contribution in [2.24, 2.45) is 11.8 Å². The van der Waals surface area contributed by atoms with E-state index >= 15 is 0 Å². The van der Waals surface area contributed by atoms with Crippen LogP contribution in [0.25, 0.3) is 0 Å². The molecule has 1 aromatic carbocycles. The molecule has 0 unspecified atom stereocenters. The summed E-state index contributed by atoms with van der Waals surface area (Å²) < 4.78 is 0. The van der Waals surface area contributed by atoms with Gasteiger partial charge in [0.05, 0.1) is 28.5 Å². The van der Waals surface area contributed by atoms with Crippen LogP contribution in [0.15, 0.2) is 60.1 Å². The van der Waals surface area contributed by atoms with Crippen molar-refractivity contribution in [1.29, 1.82) is 0 Å². The average Bonchev–Trinajstić information content (AvgIpc) is 3.41. The van der Waals surface area contributed by atoms with Crippen LogP contribution < -0.4 is 15.1 Å². The van der Waals surface area contributed by atoms with Gasteiger partial charge >= 0.3 is 0 Å². The molecule has 32 heavy (non-hydrogen) atoms. The van der Waals surface area contributed by atoms with Crippen LogP contribution in [-0.2, 0) is 0 Å². The van der Waals surface area contributed by atoms with Gasteiger partial charge in [0.2, 0.25) is 0 Å². The summed E-state index contributed by atoms with van der Waals surface area (Å²) in [4.78, 5) is 10.5. The number of hydrogen-bond donors (Lipinski definition) is 1. The topological polar surface area (TPSA) is 31.4 Å². The number of nitrogens with zero attached hydrogens (tertiary/aromatic N) is 3. The normalized spacial score (nSPS) is 25.8. The van der Waals surface area contributed by atoms with Crippen molar-refractivity contribution in [2.45, 2.75) is 32.4 Å². The van der Waals surface area contributed by atoms with Crippen molar-refractivity contribution in [3.05, 3.63) is 75.7 Å². The van der Waals surface area contributed by atoms with Crippen LogP contribution >= 0.6 is 35.2 Å². The maximum atomic E-state index is 6.87. The monoisotopic (exact) mass is 482 g/mol. The van der Waals surface area contributed by atoms with Gasteiger partial charge in [-0.25, -0.2) is 0 Å². The van der Waals surface area contributed by atoms with E-state index in [2.05, 4.69) is 75.7 Å². The number of anilines is 2. The molecule has 166 valence electrons. The quantitative estimate of drug-likeness (QED) is 0.431. The highest BCUT2D eigenvalue weighted by molar-refractivity contribution is 7.80. The zero-order valence-corrected chi connectivity index (χ0v) is 20.6. The summed E-state index contributed by atoms with van der Waals surface area (Å²) in [6.07, 6.45) is 3.11. The lowest BCUT2D eigenvalue weighted by atomic mass is 9.91. The first kappa shape index (κ1) is 21.7. The zero-order valence-electron chi connectivity index (χ0n) is 18.2. The Kier molecular flexibility index (Phi) is 6.10. The van der Waals surface area contributed by atoms with Crippen LogP contribution in [0.5, 0.6) is 0 Å². The van der Waals surface area contributed by atoms with Gasteiger partial charge < -0.3 is 15.1 Å². The van der Waals surface area contributed by atoms with E-state index in [1.807, 2.05) is 18.3 Å². The minimum atomic E-state index is -0.0235. The number of pyridine rings is 1. The number of nitrogens with one attached hydrogen (secondary N) is 1. The summed E-state index contributed by atoms with van der Waals surface area (Å²) in [6, 6.07) is 16.6. The number of aromatic nitrogens is 1. The minimum absolute atomic E-state index is 0.0225. The molecule has 5 rings (SSSR count). The van der Waals surface area contributed by atoms with Crippen molar-refractivity contribution >= 4 is 51.6 Å². The average molecular weight is 483 g/mol. The van der Waals surface area contributed by atoms with Gasteiger partial charge in [0, 0.05) is 29.9 Å². The molecule has 3 aromatic rings. The molecule has 2 saturated heterocycles. The van der Waals surface area contributed by atoms with Crippen LogP contribution in [0.1, 0.15) is 42.9 Å². The Hall–Kier alpha value is -2.15. The number of halogens is 1. The first-order chi connectivity index (χ1) is 15.5. The van der Waals surface area contributed by atoms with Gasteiger partial charge in [-0.3, -0.25) is 4.98 Å². The fourth-order valence-electron chi connectivity index (χ4n) is 5.14. The molecule has 2 aliphatic rings. The van der Waals surface area contributed by atoms with Gasteiger partial charge in [-0.05, 0) is 72.3 Å². The summed E-state index contributed by atoms with van der Waals surface area (Å²) in [6.45, 7) is 6.74. The van der Waals surface area contributed by atoms with Crippen LogP contribution in [0.4, 0.5) is 11.4 Å². The van der Waals surface area contributed by atoms with Gasteiger partial charge in [-0.2, -0.15) is 0 Å². The van der Waals surface area contributed by atoms with E-state index in [0.717, 1.165) is 35.2 Å². The molecule has 0 saturated carbocycles. The Morgan fingerprint density at radius 1 is 1.09 bits per heavy atom. The second-order valence-corrected chi connectivity index (χ2v) is 10.8. The summed E-state index contributed by atoms with van der Waals surface area (Å²) in [5, 5.41) is 7.10. The fourth-order valence-corrected chi connectivity index (χ4v) is 6.64. The molecule has 2 fully saturated rings. The van der Waals surface area contributed by atoms with Crippen LogP contribution in [0.2, 0.25) is 5.02 Å². The standard InChI is InChI=1S/C25H27ClN4S2/c1-16-12-17(2)15-29(14-16)21-9-8-18(13-19(21)26)30-24(22-7-5-11-32-22)23(28-25(30)31)20-6-3-4-10-27-20/h3-11,13,16-17,23-24H,12,14-15H2,1-2H3,(H,28,31)/t16-,17+,23-,24-/m0/s1. The van der Waals surface area contributed by atoms with Gasteiger partial charge in [-0.15, -0.1) is 11.3 Å². The van der Waals surface area contributed by atoms with Crippen molar-refractivity contribution in [3.8, 4) is 0 Å². The Balaban J connectivity index is 1.50. The molecule has 2 aromatic heterocycles. The molecular formula is C25H27ClN4S2. The Labute approximate surface area is 204 Å². The molecule has 4 nitrogen and oxygen atoms in total. The highest BCUT2D eigenvalue weighted by atomic mass is 35.5. The second kappa shape index (κ2) is 9.00. The number of thiophene rings is 1. The van der Waals surface area contributed by atoms with Crippen molar-refractivity contribution in [3.63, 3.8) is 0 Å². The Morgan fingerprint density at radius 2 is 1.91 bits per heavy atom. The Bertz CT molecular complexity index is 1080. The van der Waals surface area contributed by atoms with Gasteiger partial charge in [0.25, 0.3) is 0 Å². The van der Waals surface area contributed by atoms with E-state index in [9.17, 15) is 0 Å². The first-order valence-corrected chi connectivity index (χ1v) is 12.8. The molecule has 0 amide bonds. The van der Waals surface area contributed by atoms with E-state index in [-0.39, 0.29) is 12.1 Å². The molecular weight excluding hydrogens is 456 g/mol. The van der Waals surface area contributed by atoms with Crippen LogP contribution in [-0.4, -0.2) is 23.2 Å². The lowest BCUT2D eigenvalue weighted by Gasteiger charge is -2.37. The number of thiocarbonyl (C=S) groups is 1. The predicted octanol–water partition coefficient (Wildman–Crippen LogP) is 6.46. The van der Waals surface area contributed by atoms with Crippen LogP contribution in [0, 0.1) is 11.8 Å². The van der Waals surface area contributed by atoms with Crippen LogP contribution in [0.3, 0.4) is 0 Å². The largest absolute Gasteiger partial charge is 0.370 e. The lowest BCUT2D eigenvalue weighted by molar-refractivity contribution is 0.357. The summed E-state index contributed by atoms with van der Waals surface area (Å²) in [5.41, 5.74) is 3.10. The molecule has 2 aliphatic heterocycles. The van der Waals surface area contributed by atoms with E-state index in [0.29, 0.717) is 16.9 Å². The first-order valence-electron chi connectivity index (χ1n) is 11.1. The van der Waals surface area contributed by atoms with E-state index in [4.69, 9.17) is 23.8 Å². The third-order valence-corrected chi connectivity index (χ3v) is 7.91. The van der Waals surface area contributed by atoms with Gasteiger partial charge in [0.15, 0.2) is 5.11 Å². The third kappa shape index (κ3) is 4.12. The predicted molar refractivity (Wildman–Crippen MR) is 139 cm³/mol. The highest BCUT2D eigenvalue weighted by Crippen LogP contribution is 2.44. The molecule has 0 aliphatic carbocycles. The molecule has 4 heterocycles. The molecule has 0 radical (unpaired) electrons. The zero-order chi connectivity index (χ0) is 22.2. The fraction of sp³-hybridized carbons (Fsp3) is 0.360. The van der Waals surface area contributed by atoms with E-state index in [1.165, 1.54) is 11.3 Å².